The number of nitrogens with zero attached hydrogens (tertiary/aromatic N) is 2. The highest BCUT2D eigenvalue weighted by Crippen LogP contribution is 2.34. The molecule has 0 aromatic heterocycles. The van der Waals surface area contributed by atoms with Crippen LogP contribution in [0.5, 0.6) is 0 Å². The van der Waals surface area contributed by atoms with Gasteiger partial charge in [-0.2, -0.15) is 4.31 Å². The van der Waals surface area contributed by atoms with Crippen LogP contribution < -0.4 is 10.2 Å². The fraction of sp³-hybridized carbons (Fsp3) is 0.652. The number of halogens is 1. The van der Waals surface area contributed by atoms with Crippen molar-refractivity contribution in [1.82, 2.24) is 9.62 Å². The highest BCUT2D eigenvalue weighted by Gasteiger charge is 2.51. The summed E-state index contributed by atoms with van der Waals surface area (Å²) >= 11 is 6.12. The lowest BCUT2D eigenvalue weighted by Gasteiger charge is -2.47. The highest BCUT2D eigenvalue weighted by molar-refractivity contribution is 7.89. The van der Waals surface area contributed by atoms with E-state index in [4.69, 9.17) is 11.6 Å². The molecule has 1 aromatic rings. The van der Waals surface area contributed by atoms with E-state index in [-0.39, 0.29) is 30.8 Å². The minimum atomic E-state index is -3.65. The van der Waals surface area contributed by atoms with Crippen LogP contribution in [0.2, 0.25) is 5.02 Å². The molecule has 2 amide bonds. The van der Waals surface area contributed by atoms with Crippen molar-refractivity contribution >= 4 is 39.1 Å². The van der Waals surface area contributed by atoms with Crippen LogP contribution in [0.4, 0.5) is 5.69 Å². The Morgan fingerprint density at radius 1 is 1.22 bits per heavy atom. The van der Waals surface area contributed by atoms with Gasteiger partial charge in [0.1, 0.15) is 5.54 Å². The van der Waals surface area contributed by atoms with Crippen molar-refractivity contribution < 1.29 is 18.0 Å². The Labute approximate surface area is 196 Å². The molecule has 2 fully saturated rings. The van der Waals surface area contributed by atoms with Crippen LogP contribution in [0.15, 0.2) is 18.2 Å². The quantitative estimate of drug-likeness (QED) is 0.626. The fourth-order valence-electron chi connectivity index (χ4n) is 4.76. The molecule has 1 aliphatic heterocycles. The zero-order valence-corrected chi connectivity index (χ0v) is 20.8. The molecule has 1 saturated carbocycles. The van der Waals surface area contributed by atoms with Gasteiger partial charge in [-0.15, -0.1) is 0 Å². The van der Waals surface area contributed by atoms with Crippen molar-refractivity contribution in [3.8, 4) is 0 Å². The third-order valence-corrected chi connectivity index (χ3v) is 8.68. The van der Waals surface area contributed by atoms with Gasteiger partial charge in [0.25, 0.3) is 0 Å². The first-order chi connectivity index (χ1) is 15.1. The van der Waals surface area contributed by atoms with Gasteiger partial charge in [-0.1, -0.05) is 44.2 Å². The Hall–Kier alpha value is -1.64. The van der Waals surface area contributed by atoms with Crippen molar-refractivity contribution in [3.63, 3.8) is 0 Å². The van der Waals surface area contributed by atoms with Gasteiger partial charge in [-0.25, -0.2) is 8.42 Å². The van der Waals surface area contributed by atoms with Gasteiger partial charge >= 0.3 is 0 Å². The van der Waals surface area contributed by atoms with Crippen molar-refractivity contribution in [2.75, 3.05) is 23.7 Å². The van der Waals surface area contributed by atoms with Gasteiger partial charge in [-0.05, 0) is 56.9 Å². The van der Waals surface area contributed by atoms with E-state index in [1.807, 2.05) is 6.92 Å². The highest BCUT2D eigenvalue weighted by atomic mass is 35.5. The molecular formula is C23H34ClN3O4S. The lowest BCUT2D eigenvalue weighted by molar-refractivity contribution is -0.133. The number of hydrogen-bond acceptors (Lipinski definition) is 4. The van der Waals surface area contributed by atoms with E-state index in [1.54, 1.807) is 32.0 Å². The van der Waals surface area contributed by atoms with E-state index in [9.17, 15) is 18.0 Å². The smallest absolute Gasteiger partial charge is 0.247 e. The molecule has 1 aromatic carbocycles. The largest absolute Gasteiger partial charge is 0.351 e. The first-order valence-corrected chi connectivity index (χ1v) is 13.4. The summed E-state index contributed by atoms with van der Waals surface area (Å²) in [5.41, 5.74) is -0.0456. The standard InChI is InChI=1S/C23H34ClN3O4S/c1-4-13-32(30,31)26-15-21(28)27(20-12-11-18(24)14-17(20)2)23(3,16-26)22(29)25-19-9-7-5-6-8-10-19/h11-12,14,19H,4-10,13,15-16H2,1-3H3,(H,25,29). The van der Waals surface area contributed by atoms with Crippen molar-refractivity contribution in [2.24, 2.45) is 0 Å². The van der Waals surface area contributed by atoms with E-state index in [2.05, 4.69) is 5.32 Å². The molecule has 32 heavy (non-hydrogen) atoms. The number of amides is 2. The average molecular weight is 484 g/mol. The molecule has 178 valence electrons. The molecule has 2 aliphatic rings. The van der Waals surface area contributed by atoms with E-state index >= 15 is 0 Å². The average Bonchev–Trinajstić information content (AvgIpc) is 2.97. The van der Waals surface area contributed by atoms with Crippen LogP contribution in [-0.2, 0) is 19.6 Å². The van der Waals surface area contributed by atoms with Crippen LogP contribution in [0, 0.1) is 6.92 Å². The predicted octanol–water partition coefficient (Wildman–Crippen LogP) is 3.63. The van der Waals surface area contributed by atoms with E-state index < -0.39 is 21.5 Å². The zero-order chi connectivity index (χ0) is 23.5. The van der Waals surface area contributed by atoms with Crippen molar-refractivity contribution in [1.29, 1.82) is 0 Å². The second-order valence-corrected chi connectivity index (χ2v) is 11.7. The van der Waals surface area contributed by atoms with E-state index in [0.717, 1.165) is 44.1 Å². The molecule has 0 radical (unpaired) electrons. The van der Waals surface area contributed by atoms with Gasteiger partial charge in [0.15, 0.2) is 0 Å². The molecule has 9 heteroatoms. The number of hydrogen-bond donors (Lipinski definition) is 1. The summed E-state index contributed by atoms with van der Waals surface area (Å²) in [6.45, 7) is 4.92. The van der Waals surface area contributed by atoms with Crippen molar-refractivity contribution in [2.45, 2.75) is 77.3 Å². The number of carbonyl (C=O) groups is 2. The van der Waals surface area contributed by atoms with Gasteiger partial charge in [0, 0.05) is 23.3 Å². The third-order valence-electron chi connectivity index (χ3n) is 6.47. The lowest BCUT2D eigenvalue weighted by atomic mass is 9.92. The summed E-state index contributed by atoms with van der Waals surface area (Å²) < 4.78 is 26.8. The fourth-order valence-corrected chi connectivity index (χ4v) is 6.51. The van der Waals surface area contributed by atoms with Crippen LogP contribution in [-0.4, -0.2) is 55.0 Å². The molecule has 7 nitrogen and oxygen atoms in total. The number of carbonyl (C=O) groups excluding carboxylic acids is 2. The summed E-state index contributed by atoms with van der Waals surface area (Å²) in [4.78, 5) is 28.5. The van der Waals surface area contributed by atoms with Gasteiger partial charge in [0.2, 0.25) is 21.8 Å². The zero-order valence-electron chi connectivity index (χ0n) is 19.2. The summed E-state index contributed by atoms with van der Waals surface area (Å²) in [5.74, 6) is -0.788. The van der Waals surface area contributed by atoms with Gasteiger partial charge in [-0.3, -0.25) is 14.5 Å². The Balaban J connectivity index is 2.00. The van der Waals surface area contributed by atoms with Gasteiger partial charge < -0.3 is 5.32 Å². The molecule has 1 atom stereocenters. The van der Waals surface area contributed by atoms with Gasteiger partial charge in [0.05, 0.1) is 12.3 Å². The molecule has 1 aliphatic carbocycles. The number of benzene rings is 1. The van der Waals surface area contributed by atoms with Crippen LogP contribution in [0.3, 0.4) is 0 Å². The van der Waals surface area contributed by atoms with Crippen molar-refractivity contribution in [3.05, 3.63) is 28.8 Å². The second kappa shape index (κ2) is 10.1. The van der Waals surface area contributed by atoms with Crippen LogP contribution in [0.25, 0.3) is 0 Å². The van der Waals surface area contributed by atoms with Crippen LogP contribution in [0.1, 0.15) is 64.4 Å². The summed E-state index contributed by atoms with van der Waals surface area (Å²) in [6.07, 6.45) is 6.65. The number of nitrogens with one attached hydrogen (secondary N) is 1. The molecule has 1 unspecified atom stereocenters. The maximum atomic E-state index is 13.7. The second-order valence-electron chi connectivity index (χ2n) is 9.18. The summed E-state index contributed by atoms with van der Waals surface area (Å²) in [5, 5.41) is 3.68. The summed E-state index contributed by atoms with van der Waals surface area (Å²) in [6, 6.07) is 5.19. The molecule has 1 N–H and O–H groups in total. The molecule has 0 spiro atoms. The monoisotopic (exact) mass is 483 g/mol. The predicted molar refractivity (Wildman–Crippen MR) is 127 cm³/mol. The molecule has 3 rings (SSSR count). The first kappa shape index (κ1) is 25.0. The number of anilines is 1. The van der Waals surface area contributed by atoms with Crippen LogP contribution >= 0.6 is 11.6 Å². The normalized spacial score (nSPS) is 23.8. The minimum absolute atomic E-state index is 0.0349. The number of sulfonamides is 1. The lowest BCUT2D eigenvalue weighted by Crippen LogP contribution is -2.71. The minimum Gasteiger partial charge on any atom is -0.351 e. The number of aryl methyl sites for hydroxylation is 1. The maximum Gasteiger partial charge on any atom is 0.247 e. The molecule has 1 heterocycles. The SMILES string of the molecule is CCCS(=O)(=O)N1CC(=O)N(c2ccc(Cl)cc2C)C(C)(C(=O)NC2CCCCCC2)C1. The molecule has 0 bridgehead atoms. The Kier molecular flexibility index (Phi) is 7.89. The third kappa shape index (κ3) is 5.29. The first-order valence-electron chi connectivity index (χ1n) is 11.5. The Morgan fingerprint density at radius 3 is 2.47 bits per heavy atom. The summed E-state index contributed by atoms with van der Waals surface area (Å²) in [7, 11) is -3.65. The van der Waals surface area contributed by atoms with E-state index in [0.29, 0.717) is 17.1 Å². The molecule has 1 saturated heterocycles. The topological polar surface area (TPSA) is 86.8 Å². The Bertz CT molecular complexity index is 960. The molecular weight excluding hydrogens is 450 g/mol. The number of piperazine rings is 1. The Morgan fingerprint density at radius 2 is 1.88 bits per heavy atom. The van der Waals surface area contributed by atoms with E-state index in [1.165, 1.54) is 9.21 Å². The maximum absolute atomic E-state index is 13.7. The number of rotatable bonds is 6.